The summed E-state index contributed by atoms with van der Waals surface area (Å²) in [5, 5.41) is 23.2. The molecule has 6 nitrogen and oxygen atoms in total. The highest BCUT2D eigenvalue weighted by atomic mass is 16.5. The number of hydrogen-bond acceptors (Lipinski definition) is 5. The molecule has 0 aliphatic heterocycles. The van der Waals surface area contributed by atoms with Gasteiger partial charge >= 0.3 is 5.97 Å². The fraction of sp³-hybridized carbons (Fsp3) is 0.897. The summed E-state index contributed by atoms with van der Waals surface area (Å²) in [5.74, 6) is -0.0814. The second kappa shape index (κ2) is 54.0. The normalized spacial score (nSPS) is 12.8. The van der Waals surface area contributed by atoms with Gasteiger partial charge in [0.1, 0.15) is 0 Å². The molecule has 0 rings (SSSR count). The molecule has 0 bridgehead atoms. The van der Waals surface area contributed by atoms with Crippen LogP contribution in [0.4, 0.5) is 0 Å². The van der Waals surface area contributed by atoms with E-state index in [4.69, 9.17) is 4.74 Å². The third-order valence-corrected chi connectivity index (χ3v) is 13.2. The number of amides is 1. The second-order valence-corrected chi connectivity index (χ2v) is 19.6. The highest BCUT2D eigenvalue weighted by molar-refractivity contribution is 5.76. The molecular formula is C58H111NO5. The number of rotatable bonds is 53. The van der Waals surface area contributed by atoms with Gasteiger partial charge in [-0.25, -0.2) is 0 Å². The lowest BCUT2D eigenvalue weighted by Gasteiger charge is -2.20. The first kappa shape index (κ1) is 62.3. The van der Waals surface area contributed by atoms with Crippen LogP contribution in [0.2, 0.25) is 0 Å². The zero-order chi connectivity index (χ0) is 46.5. The minimum Gasteiger partial charge on any atom is -0.466 e. The van der Waals surface area contributed by atoms with Crippen molar-refractivity contribution < 1.29 is 24.5 Å². The number of aliphatic hydroxyl groups excluding tert-OH is 2. The Labute approximate surface area is 399 Å². The molecule has 0 radical (unpaired) electrons. The molecule has 6 heteroatoms. The number of ether oxygens (including phenoxy) is 1. The summed E-state index contributed by atoms with van der Waals surface area (Å²) in [6.45, 7) is 4.86. The van der Waals surface area contributed by atoms with Crippen molar-refractivity contribution in [1.82, 2.24) is 5.32 Å². The molecule has 0 aromatic heterocycles. The van der Waals surface area contributed by atoms with Gasteiger partial charge in [0, 0.05) is 12.8 Å². The number of nitrogens with one attached hydrogen (secondary N) is 1. The molecule has 3 N–H and O–H groups in total. The van der Waals surface area contributed by atoms with Crippen molar-refractivity contribution in [3.05, 3.63) is 24.3 Å². The Bertz CT molecular complexity index is 997. The van der Waals surface area contributed by atoms with Crippen LogP contribution in [0.25, 0.3) is 0 Å². The summed E-state index contributed by atoms with van der Waals surface area (Å²) in [6, 6.07) is -0.633. The number of allylic oxidation sites excluding steroid dienone is 3. The minimum atomic E-state index is -0.849. The van der Waals surface area contributed by atoms with Gasteiger partial charge in [-0.05, 0) is 51.4 Å². The molecule has 2 unspecified atom stereocenters. The molecule has 0 aromatic rings. The van der Waals surface area contributed by atoms with E-state index >= 15 is 0 Å². The summed E-state index contributed by atoms with van der Waals surface area (Å²) >= 11 is 0. The largest absolute Gasteiger partial charge is 0.466 e. The maximum atomic E-state index is 12.5. The van der Waals surface area contributed by atoms with Crippen LogP contribution in [0.1, 0.15) is 309 Å². The Kier molecular flexibility index (Phi) is 52.6. The first-order chi connectivity index (χ1) is 31.5. The molecule has 0 heterocycles. The molecule has 2 atom stereocenters. The predicted molar refractivity (Wildman–Crippen MR) is 278 cm³/mol. The fourth-order valence-corrected chi connectivity index (χ4v) is 8.79. The third-order valence-electron chi connectivity index (χ3n) is 13.2. The minimum absolute atomic E-state index is 0.00870. The van der Waals surface area contributed by atoms with E-state index in [0.29, 0.717) is 19.4 Å². The molecule has 0 saturated carbocycles. The first-order valence-electron chi connectivity index (χ1n) is 28.6. The van der Waals surface area contributed by atoms with Crippen LogP contribution in [0.15, 0.2) is 24.3 Å². The molecule has 0 aliphatic rings. The molecule has 0 aliphatic carbocycles. The number of carbonyl (C=O) groups excluding carboxylic acids is 2. The molecule has 0 saturated heterocycles. The Morgan fingerprint density at radius 3 is 1.16 bits per heavy atom. The number of aliphatic hydroxyl groups is 2. The average molecular weight is 903 g/mol. The van der Waals surface area contributed by atoms with E-state index in [1.165, 1.54) is 238 Å². The van der Waals surface area contributed by atoms with Crippen LogP contribution in [0.3, 0.4) is 0 Å². The molecule has 378 valence electrons. The van der Waals surface area contributed by atoms with Gasteiger partial charge in [0.15, 0.2) is 0 Å². The molecule has 1 amide bonds. The predicted octanol–water partition coefficient (Wildman–Crippen LogP) is 17.5. The van der Waals surface area contributed by atoms with E-state index in [9.17, 15) is 19.8 Å². The van der Waals surface area contributed by atoms with Crippen molar-refractivity contribution in [3.8, 4) is 0 Å². The number of unbranched alkanes of at least 4 members (excludes halogenated alkanes) is 40. The number of esters is 1. The summed E-state index contributed by atoms with van der Waals surface area (Å²) in [5.41, 5.74) is 0. The Hall–Kier alpha value is -1.66. The highest BCUT2D eigenvalue weighted by Gasteiger charge is 2.18. The molecule has 0 aromatic carbocycles. The Morgan fingerprint density at radius 1 is 0.422 bits per heavy atom. The van der Waals surface area contributed by atoms with E-state index in [0.717, 1.165) is 44.9 Å². The van der Waals surface area contributed by atoms with Crippen molar-refractivity contribution in [1.29, 1.82) is 0 Å². The number of carbonyl (C=O) groups is 2. The van der Waals surface area contributed by atoms with E-state index in [1.54, 1.807) is 6.08 Å². The van der Waals surface area contributed by atoms with Gasteiger partial charge in [-0.3, -0.25) is 9.59 Å². The second-order valence-electron chi connectivity index (χ2n) is 19.6. The van der Waals surface area contributed by atoms with Crippen molar-refractivity contribution in [2.45, 2.75) is 321 Å². The van der Waals surface area contributed by atoms with Crippen molar-refractivity contribution in [3.63, 3.8) is 0 Å². The molecule has 64 heavy (non-hydrogen) atoms. The van der Waals surface area contributed by atoms with Crippen LogP contribution in [0.5, 0.6) is 0 Å². The smallest absolute Gasteiger partial charge is 0.305 e. The van der Waals surface area contributed by atoms with Crippen molar-refractivity contribution in [2.75, 3.05) is 13.2 Å². The summed E-state index contributed by atoms with van der Waals surface area (Å²) < 4.78 is 5.45. The van der Waals surface area contributed by atoms with Gasteiger partial charge in [-0.2, -0.15) is 0 Å². The van der Waals surface area contributed by atoms with Crippen LogP contribution in [0, 0.1) is 0 Å². The van der Waals surface area contributed by atoms with E-state index < -0.39 is 12.1 Å². The van der Waals surface area contributed by atoms with Gasteiger partial charge in [-0.1, -0.05) is 269 Å². The lowest BCUT2D eigenvalue weighted by atomic mass is 10.0. The molecular weight excluding hydrogens is 791 g/mol. The monoisotopic (exact) mass is 902 g/mol. The van der Waals surface area contributed by atoms with Gasteiger partial charge in [0.2, 0.25) is 5.91 Å². The van der Waals surface area contributed by atoms with Crippen molar-refractivity contribution in [2.24, 2.45) is 0 Å². The lowest BCUT2D eigenvalue weighted by Crippen LogP contribution is -2.45. The van der Waals surface area contributed by atoms with Crippen LogP contribution in [-0.2, 0) is 14.3 Å². The first-order valence-corrected chi connectivity index (χ1v) is 28.6. The summed E-state index contributed by atoms with van der Waals surface area (Å²) in [7, 11) is 0. The Morgan fingerprint density at radius 2 is 0.750 bits per heavy atom. The molecule has 0 fully saturated rings. The SMILES string of the molecule is CCCC/C=C\CCCCCCCC(=O)OCCCCCCCCCCCCCCCCCCC(=O)NC(CO)C(O)/C=C/CCCCCCCCCCCCCCCCCCCC. The number of hydrogen-bond donors (Lipinski definition) is 3. The third kappa shape index (κ3) is 49.8. The average Bonchev–Trinajstić information content (AvgIpc) is 3.29. The van der Waals surface area contributed by atoms with Gasteiger partial charge in [0.05, 0.1) is 25.4 Å². The molecule has 0 spiro atoms. The van der Waals surface area contributed by atoms with Crippen LogP contribution >= 0.6 is 0 Å². The van der Waals surface area contributed by atoms with E-state index in [2.05, 4.69) is 31.3 Å². The zero-order valence-electron chi connectivity index (χ0n) is 43.0. The van der Waals surface area contributed by atoms with Crippen molar-refractivity contribution >= 4 is 11.9 Å². The highest BCUT2D eigenvalue weighted by Crippen LogP contribution is 2.17. The van der Waals surface area contributed by atoms with Crippen LogP contribution < -0.4 is 5.32 Å². The fourth-order valence-electron chi connectivity index (χ4n) is 8.79. The van der Waals surface area contributed by atoms with Gasteiger partial charge in [-0.15, -0.1) is 0 Å². The Balaban J connectivity index is 3.47. The van der Waals surface area contributed by atoms with E-state index in [1.807, 2.05) is 6.08 Å². The lowest BCUT2D eigenvalue weighted by molar-refractivity contribution is -0.143. The van der Waals surface area contributed by atoms with Crippen LogP contribution in [-0.4, -0.2) is 47.4 Å². The standard InChI is InChI=1S/C58H111NO5/c1-3-5-7-9-11-13-15-16-17-18-19-20-21-24-27-31-34-38-42-46-50-56(61)55(54-60)59-57(62)51-47-43-39-35-32-28-25-22-23-26-29-33-37-41-45-49-53-64-58(63)52-48-44-40-36-30-14-12-10-8-6-4-2/h10,12,46,50,55-56,60-61H,3-9,11,13-45,47-49,51-54H2,1-2H3,(H,59,62)/b12-10-,50-46+. The van der Waals surface area contributed by atoms with Gasteiger partial charge < -0.3 is 20.3 Å². The maximum absolute atomic E-state index is 12.5. The zero-order valence-corrected chi connectivity index (χ0v) is 43.0. The summed E-state index contributed by atoms with van der Waals surface area (Å²) in [6.07, 6.45) is 64.8. The van der Waals surface area contributed by atoms with Gasteiger partial charge in [0.25, 0.3) is 0 Å². The summed E-state index contributed by atoms with van der Waals surface area (Å²) in [4.78, 5) is 24.5. The topological polar surface area (TPSA) is 95.9 Å². The maximum Gasteiger partial charge on any atom is 0.305 e. The van der Waals surface area contributed by atoms with E-state index in [-0.39, 0.29) is 18.5 Å². The quantitative estimate of drug-likeness (QED) is 0.0321.